The first-order valence-corrected chi connectivity index (χ1v) is 6.36. The number of benzene rings is 1. The van der Waals surface area contributed by atoms with Gasteiger partial charge < -0.3 is 10.6 Å². The molecule has 0 saturated carbocycles. The van der Waals surface area contributed by atoms with Crippen molar-refractivity contribution >= 4 is 11.6 Å². The van der Waals surface area contributed by atoms with Gasteiger partial charge in [-0.15, -0.1) is 0 Å². The lowest BCUT2D eigenvalue weighted by molar-refractivity contribution is -0.119. The Balaban J connectivity index is 2.18. The number of aryl methyl sites for hydroxylation is 1. The Morgan fingerprint density at radius 2 is 2.12 bits per heavy atom. The Morgan fingerprint density at radius 1 is 1.35 bits per heavy atom. The van der Waals surface area contributed by atoms with Crippen molar-refractivity contribution < 1.29 is 4.79 Å². The Labute approximate surface area is 103 Å². The van der Waals surface area contributed by atoms with Gasteiger partial charge in [-0.25, -0.2) is 0 Å². The molecule has 0 fully saturated rings. The molecule has 1 amide bonds. The highest BCUT2D eigenvalue weighted by Crippen LogP contribution is 2.27. The second-order valence-electron chi connectivity index (χ2n) is 4.68. The second-order valence-corrected chi connectivity index (χ2v) is 4.68. The van der Waals surface area contributed by atoms with E-state index >= 15 is 0 Å². The molecule has 2 N–H and O–H groups in total. The molecule has 1 aromatic rings. The number of anilines is 1. The van der Waals surface area contributed by atoms with Crippen LogP contribution >= 0.6 is 0 Å². The van der Waals surface area contributed by atoms with Gasteiger partial charge in [-0.2, -0.15) is 0 Å². The molecule has 92 valence electrons. The minimum atomic E-state index is 0.0788. The number of hydrogen-bond acceptors (Lipinski definition) is 2. The lowest BCUT2D eigenvalue weighted by Crippen LogP contribution is -2.43. The van der Waals surface area contributed by atoms with Gasteiger partial charge in [0.25, 0.3) is 0 Å². The molecular weight excluding hydrogens is 212 g/mol. The molecule has 3 heteroatoms. The lowest BCUT2D eigenvalue weighted by Gasteiger charge is -2.31. The van der Waals surface area contributed by atoms with E-state index in [0.717, 1.165) is 24.9 Å². The zero-order valence-corrected chi connectivity index (χ0v) is 10.4. The maximum atomic E-state index is 12.0. The summed E-state index contributed by atoms with van der Waals surface area (Å²) in [6, 6.07) is 8.20. The van der Waals surface area contributed by atoms with E-state index in [1.807, 2.05) is 23.1 Å². The summed E-state index contributed by atoms with van der Waals surface area (Å²) < 4.78 is 0. The molecule has 1 aliphatic rings. The Kier molecular flexibility index (Phi) is 3.79. The zero-order valence-electron chi connectivity index (χ0n) is 10.4. The summed E-state index contributed by atoms with van der Waals surface area (Å²) in [6.07, 6.45) is 3.49. The SMILES string of the molecule is CCCC(N)CN1C(=O)CCc2ccccc21. The number of nitrogens with two attached hydrogens (primary N) is 1. The Hall–Kier alpha value is -1.35. The summed E-state index contributed by atoms with van der Waals surface area (Å²) in [4.78, 5) is 13.8. The predicted octanol–water partition coefficient (Wildman–Crippen LogP) is 2.09. The highest BCUT2D eigenvalue weighted by molar-refractivity contribution is 5.96. The average molecular weight is 232 g/mol. The van der Waals surface area contributed by atoms with Crippen LogP contribution < -0.4 is 10.6 Å². The molecule has 0 bridgehead atoms. The van der Waals surface area contributed by atoms with E-state index in [1.54, 1.807) is 0 Å². The van der Waals surface area contributed by atoms with E-state index in [9.17, 15) is 4.79 Å². The molecular formula is C14H20N2O. The topological polar surface area (TPSA) is 46.3 Å². The Bertz CT molecular complexity index is 403. The number of carbonyl (C=O) groups excluding carboxylic acids is 1. The van der Waals surface area contributed by atoms with Gasteiger partial charge in [-0.05, 0) is 24.5 Å². The van der Waals surface area contributed by atoms with Gasteiger partial charge in [-0.1, -0.05) is 31.5 Å². The van der Waals surface area contributed by atoms with Gasteiger partial charge in [0.2, 0.25) is 5.91 Å². The van der Waals surface area contributed by atoms with Gasteiger partial charge in [-0.3, -0.25) is 4.79 Å². The van der Waals surface area contributed by atoms with Gasteiger partial charge in [0.05, 0.1) is 0 Å². The summed E-state index contributed by atoms with van der Waals surface area (Å²) in [5.74, 6) is 0.204. The van der Waals surface area contributed by atoms with Crippen LogP contribution in [0.25, 0.3) is 0 Å². The number of rotatable bonds is 4. The van der Waals surface area contributed by atoms with Crippen LogP contribution in [-0.2, 0) is 11.2 Å². The molecule has 0 aromatic heterocycles. The van der Waals surface area contributed by atoms with Crippen molar-refractivity contribution in [3.05, 3.63) is 29.8 Å². The minimum absolute atomic E-state index is 0.0788. The lowest BCUT2D eigenvalue weighted by atomic mass is 10.0. The third-order valence-electron chi connectivity index (χ3n) is 3.27. The van der Waals surface area contributed by atoms with E-state index in [1.165, 1.54) is 5.56 Å². The molecule has 1 heterocycles. The van der Waals surface area contributed by atoms with E-state index in [2.05, 4.69) is 13.0 Å². The summed E-state index contributed by atoms with van der Waals surface area (Å²) in [7, 11) is 0. The number of fused-ring (bicyclic) bond motifs is 1. The van der Waals surface area contributed by atoms with Crippen LogP contribution in [0.5, 0.6) is 0 Å². The third-order valence-corrected chi connectivity index (χ3v) is 3.27. The molecule has 0 spiro atoms. The van der Waals surface area contributed by atoms with Crippen LogP contribution in [0.4, 0.5) is 5.69 Å². The largest absolute Gasteiger partial charge is 0.326 e. The average Bonchev–Trinajstić information content (AvgIpc) is 2.33. The summed E-state index contributed by atoms with van der Waals surface area (Å²) in [5, 5.41) is 0. The summed E-state index contributed by atoms with van der Waals surface area (Å²) in [6.45, 7) is 2.76. The first kappa shape index (κ1) is 12.1. The quantitative estimate of drug-likeness (QED) is 0.864. The van der Waals surface area contributed by atoms with Crippen molar-refractivity contribution in [3.63, 3.8) is 0 Å². The second kappa shape index (κ2) is 5.32. The van der Waals surface area contributed by atoms with Crippen LogP contribution in [0.2, 0.25) is 0 Å². The van der Waals surface area contributed by atoms with Gasteiger partial charge in [0.1, 0.15) is 0 Å². The predicted molar refractivity (Wildman–Crippen MR) is 70.0 cm³/mol. The first-order chi connectivity index (χ1) is 8.22. The van der Waals surface area contributed by atoms with Crippen LogP contribution in [0.15, 0.2) is 24.3 Å². The molecule has 1 aromatic carbocycles. The van der Waals surface area contributed by atoms with Crippen LogP contribution in [0.3, 0.4) is 0 Å². The zero-order chi connectivity index (χ0) is 12.3. The fourth-order valence-electron chi connectivity index (χ4n) is 2.39. The van der Waals surface area contributed by atoms with Crippen LogP contribution in [-0.4, -0.2) is 18.5 Å². The van der Waals surface area contributed by atoms with Crippen molar-refractivity contribution in [2.75, 3.05) is 11.4 Å². The molecule has 0 aliphatic carbocycles. The minimum Gasteiger partial charge on any atom is -0.326 e. The van der Waals surface area contributed by atoms with Crippen molar-refractivity contribution in [1.29, 1.82) is 0 Å². The number of para-hydroxylation sites is 1. The fraction of sp³-hybridized carbons (Fsp3) is 0.500. The number of carbonyl (C=O) groups is 1. The smallest absolute Gasteiger partial charge is 0.227 e. The number of amides is 1. The normalized spacial score (nSPS) is 16.8. The van der Waals surface area contributed by atoms with E-state index in [-0.39, 0.29) is 11.9 Å². The standard InChI is InChI=1S/C14H20N2O/c1-2-5-12(15)10-16-13-7-4-3-6-11(13)8-9-14(16)17/h3-4,6-7,12H,2,5,8-10,15H2,1H3. The monoisotopic (exact) mass is 232 g/mol. The third kappa shape index (κ3) is 2.67. The van der Waals surface area contributed by atoms with Crippen LogP contribution in [0, 0.1) is 0 Å². The molecule has 2 rings (SSSR count). The molecule has 1 atom stereocenters. The molecule has 17 heavy (non-hydrogen) atoms. The van der Waals surface area contributed by atoms with E-state index < -0.39 is 0 Å². The molecule has 1 unspecified atom stereocenters. The van der Waals surface area contributed by atoms with Crippen molar-refractivity contribution in [2.45, 2.75) is 38.6 Å². The summed E-state index contributed by atoms with van der Waals surface area (Å²) >= 11 is 0. The summed E-state index contributed by atoms with van der Waals surface area (Å²) in [5.41, 5.74) is 8.35. The first-order valence-electron chi connectivity index (χ1n) is 6.36. The van der Waals surface area contributed by atoms with E-state index in [0.29, 0.717) is 13.0 Å². The molecule has 3 nitrogen and oxygen atoms in total. The Morgan fingerprint density at radius 3 is 2.88 bits per heavy atom. The maximum absolute atomic E-state index is 12.0. The highest BCUT2D eigenvalue weighted by Gasteiger charge is 2.24. The number of hydrogen-bond donors (Lipinski definition) is 1. The van der Waals surface area contributed by atoms with Gasteiger partial charge >= 0.3 is 0 Å². The van der Waals surface area contributed by atoms with E-state index in [4.69, 9.17) is 5.73 Å². The van der Waals surface area contributed by atoms with Crippen molar-refractivity contribution in [2.24, 2.45) is 5.73 Å². The maximum Gasteiger partial charge on any atom is 0.227 e. The van der Waals surface area contributed by atoms with Gasteiger partial charge in [0, 0.05) is 24.7 Å². The highest BCUT2D eigenvalue weighted by atomic mass is 16.2. The molecule has 1 aliphatic heterocycles. The fourth-order valence-corrected chi connectivity index (χ4v) is 2.39. The van der Waals surface area contributed by atoms with Crippen molar-refractivity contribution in [1.82, 2.24) is 0 Å². The number of nitrogens with zero attached hydrogens (tertiary/aromatic N) is 1. The van der Waals surface area contributed by atoms with Crippen molar-refractivity contribution in [3.8, 4) is 0 Å². The van der Waals surface area contributed by atoms with Crippen LogP contribution in [0.1, 0.15) is 31.7 Å². The molecule has 0 saturated heterocycles. The molecule has 0 radical (unpaired) electrons. The van der Waals surface area contributed by atoms with Gasteiger partial charge in [0.15, 0.2) is 0 Å².